The summed E-state index contributed by atoms with van der Waals surface area (Å²) < 4.78 is 10.6. The molecule has 1 aromatic heterocycles. The normalized spacial score (nSPS) is 12.2. The van der Waals surface area contributed by atoms with E-state index in [1.54, 1.807) is 25.6 Å². The summed E-state index contributed by atoms with van der Waals surface area (Å²) in [5.41, 5.74) is 4.02. The van der Waals surface area contributed by atoms with Crippen LogP contribution in [0.3, 0.4) is 0 Å². The first kappa shape index (κ1) is 13.8. The molecule has 1 aromatic carbocycles. The van der Waals surface area contributed by atoms with Crippen molar-refractivity contribution in [3.8, 4) is 11.5 Å². The first-order valence-corrected chi connectivity index (χ1v) is 6.87. The van der Waals surface area contributed by atoms with Crippen molar-refractivity contribution in [3.63, 3.8) is 0 Å². The average Bonchev–Trinajstić information content (AvgIpc) is 2.85. The predicted octanol–water partition coefficient (Wildman–Crippen LogP) is 2.78. The molecule has 4 nitrogen and oxygen atoms in total. The Morgan fingerprint density at radius 2 is 1.79 bits per heavy atom. The van der Waals surface area contributed by atoms with E-state index >= 15 is 0 Å². The molecular formula is C14H18N2O2S. The Balaban J connectivity index is 2.46. The fourth-order valence-electron chi connectivity index (χ4n) is 2.03. The van der Waals surface area contributed by atoms with Crippen molar-refractivity contribution in [2.75, 3.05) is 21.3 Å². The van der Waals surface area contributed by atoms with Crippen LogP contribution in [0, 0.1) is 6.92 Å². The summed E-state index contributed by atoms with van der Waals surface area (Å²) in [6.45, 7) is 2.02. The van der Waals surface area contributed by atoms with E-state index in [9.17, 15) is 0 Å². The third-order valence-corrected chi connectivity index (χ3v) is 4.04. The molecule has 2 rings (SSSR count). The van der Waals surface area contributed by atoms with Gasteiger partial charge in [0, 0.05) is 10.9 Å². The Morgan fingerprint density at radius 1 is 1.16 bits per heavy atom. The highest BCUT2D eigenvalue weighted by molar-refractivity contribution is 7.09. The number of aryl methyl sites for hydroxylation is 1. The number of hydrogen-bond donors (Lipinski definition) is 1. The molecular weight excluding hydrogens is 260 g/mol. The fourth-order valence-corrected chi connectivity index (χ4v) is 2.97. The highest BCUT2D eigenvalue weighted by atomic mass is 32.1. The monoisotopic (exact) mass is 278 g/mol. The minimum Gasteiger partial charge on any atom is -0.497 e. The number of benzene rings is 1. The topological polar surface area (TPSA) is 43.4 Å². The van der Waals surface area contributed by atoms with E-state index in [4.69, 9.17) is 9.47 Å². The van der Waals surface area contributed by atoms with Crippen LogP contribution < -0.4 is 14.8 Å². The molecule has 0 saturated heterocycles. The van der Waals surface area contributed by atoms with Gasteiger partial charge in [0.1, 0.15) is 11.5 Å². The standard InChI is InChI=1S/C14H18N2O2S/c1-9-14(19-8-16-9)13(15-2)10-5-11(17-3)7-12(6-10)18-4/h5-8,13,15H,1-4H3. The van der Waals surface area contributed by atoms with Crippen LogP contribution in [0.1, 0.15) is 22.2 Å². The highest BCUT2D eigenvalue weighted by Gasteiger charge is 2.18. The minimum absolute atomic E-state index is 0.0940. The summed E-state index contributed by atoms with van der Waals surface area (Å²) >= 11 is 1.65. The second-order valence-electron chi connectivity index (χ2n) is 4.17. The van der Waals surface area contributed by atoms with E-state index in [0.717, 1.165) is 22.8 Å². The molecule has 0 aliphatic rings. The lowest BCUT2D eigenvalue weighted by molar-refractivity contribution is 0.392. The molecule has 102 valence electrons. The van der Waals surface area contributed by atoms with Gasteiger partial charge in [0.05, 0.1) is 31.5 Å². The number of hydrogen-bond acceptors (Lipinski definition) is 5. The van der Waals surface area contributed by atoms with Gasteiger partial charge < -0.3 is 14.8 Å². The Hall–Kier alpha value is -1.59. The van der Waals surface area contributed by atoms with Gasteiger partial charge in [-0.15, -0.1) is 11.3 Å². The van der Waals surface area contributed by atoms with Crippen molar-refractivity contribution < 1.29 is 9.47 Å². The summed E-state index contributed by atoms with van der Waals surface area (Å²) in [6.07, 6.45) is 0. The maximum absolute atomic E-state index is 5.32. The average molecular weight is 278 g/mol. The summed E-state index contributed by atoms with van der Waals surface area (Å²) in [4.78, 5) is 5.52. The largest absolute Gasteiger partial charge is 0.497 e. The van der Waals surface area contributed by atoms with Crippen LogP contribution in [0.2, 0.25) is 0 Å². The molecule has 0 spiro atoms. The molecule has 1 N–H and O–H groups in total. The molecule has 1 heterocycles. The zero-order valence-electron chi connectivity index (χ0n) is 11.6. The molecule has 0 radical (unpaired) electrons. The fraction of sp³-hybridized carbons (Fsp3) is 0.357. The van der Waals surface area contributed by atoms with Crippen molar-refractivity contribution in [1.82, 2.24) is 10.3 Å². The van der Waals surface area contributed by atoms with E-state index in [0.29, 0.717) is 0 Å². The smallest absolute Gasteiger partial charge is 0.122 e. The van der Waals surface area contributed by atoms with Crippen molar-refractivity contribution in [2.45, 2.75) is 13.0 Å². The maximum atomic E-state index is 5.32. The van der Waals surface area contributed by atoms with E-state index in [2.05, 4.69) is 10.3 Å². The molecule has 0 fully saturated rings. The molecule has 0 aliphatic heterocycles. The van der Waals surface area contributed by atoms with Gasteiger partial charge in [-0.2, -0.15) is 0 Å². The van der Waals surface area contributed by atoms with Crippen molar-refractivity contribution in [2.24, 2.45) is 0 Å². The number of methoxy groups -OCH3 is 2. The number of nitrogens with one attached hydrogen (secondary N) is 1. The van der Waals surface area contributed by atoms with Gasteiger partial charge in [0.2, 0.25) is 0 Å². The SMILES string of the molecule is CNC(c1cc(OC)cc(OC)c1)c1scnc1C. The summed E-state index contributed by atoms with van der Waals surface area (Å²) in [5, 5.41) is 3.32. The molecule has 19 heavy (non-hydrogen) atoms. The molecule has 5 heteroatoms. The molecule has 1 unspecified atom stereocenters. The van der Waals surface area contributed by atoms with Gasteiger partial charge in [-0.05, 0) is 31.7 Å². The van der Waals surface area contributed by atoms with Crippen LogP contribution in [-0.4, -0.2) is 26.3 Å². The van der Waals surface area contributed by atoms with Crippen LogP contribution in [0.4, 0.5) is 0 Å². The molecule has 2 aromatic rings. The molecule has 0 amide bonds. The summed E-state index contributed by atoms with van der Waals surface area (Å²) in [7, 11) is 5.26. The molecule has 1 atom stereocenters. The lowest BCUT2D eigenvalue weighted by Crippen LogP contribution is -2.17. The lowest BCUT2D eigenvalue weighted by Gasteiger charge is -2.17. The van der Waals surface area contributed by atoms with Gasteiger partial charge in [-0.3, -0.25) is 0 Å². The molecule has 0 saturated carbocycles. The molecule has 0 bridgehead atoms. The number of aromatic nitrogens is 1. The summed E-state index contributed by atoms with van der Waals surface area (Å²) in [5.74, 6) is 1.58. The van der Waals surface area contributed by atoms with Gasteiger partial charge in [0.15, 0.2) is 0 Å². The number of ether oxygens (including phenoxy) is 2. The third kappa shape index (κ3) is 2.88. The first-order valence-electron chi connectivity index (χ1n) is 5.99. The molecule has 0 aliphatic carbocycles. The van der Waals surface area contributed by atoms with Gasteiger partial charge in [0.25, 0.3) is 0 Å². The van der Waals surface area contributed by atoms with Crippen LogP contribution in [0.15, 0.2) is 23.7 Å². The van der Waals surface area contributed by atoms with Crippen LogP contribution >= 0.6 is 11.3 Å². The van der Waals surface area contributed by atoms with Crippen LogP contribution in [-0.2, 0) is 0 Å². The van der Waals surface area contributed by atoms with E-state index in [1.807, 2.05) is 37.7 Å². The Morgan fingerprint density at radius 3 is 2.21 bits per heavy atom. The number of rotatable bonds is 5. The van der Waals surface area contributed by atoms with Crippen LogP contribution in [0.5, 0.6) is 11.5 Å². The number of thiazole rings is 1. The number of nitrogens with zero attached hydrogens (tertiary/aromatic N) is 1. The summed E-state index contributed by atoms with van der Waals surface area (Å²) in [6, 6.07) is 6.00. The van der Waals surface area contributed by atoms with Gasteiger partial charge >= 0.3 is 0 Å². The van der Waals surface area contributed by atoms with Crippen molar-refractivity contribution in [3.05, 3.63) is 39.8 Å². The third-order valence-electron chi connectivity index (χ3n) is 3.04. The predicted molar refractivity (Wildman–Crippen MR) is 77.3 cm³/mol. The van der Waals surface area contributed by atoms with Gasteiger partial charge in [-0.1, -0.05) is 0 Å². The van der Waals surface area contributed by atoms with E-state index < -0.39 is 0 Å². The first-order chi connectivity index (χ1) is 9.19. The van der Waals surface area contributed by atoms with Gasteiger partial charge in [-0.25, -0.2) is 4.98 Å². The zero-order chi connectivity index (χ0) is 13.8. The lowest BCUT2D eigenvalue weighted by atomic mass is 10.0. The van der Waals surface area contributed by atoms with E-state index in [1.165, 1.54) is 4.88 Å². The minimum atomic E-state index is 0.0940. The maximum Gasteiger partial charge on any atom is 0.122 e. The Kier molecular flexibility index (Phi) is 4.39. The Bertz CT molecular complexity index is 532. The van der Waals surface area contributed by atoms with E-state index in [-0.39, 0.29) is 6.04 Å². The highest BCUT2D eigenvalue weighted by Crippen LogP contribution is 2.32. The van der Waals surface area contributed by atoms with Crippen molar-refractivity contribution in [1.29, 1.82) is 0 Å². The second kappa shape index (κ2) is 6.04. The Labute approximate surface area is 117 Å². The van der Waals surface area contributed by atoms with Crippen LogP contribution in [0.25, 0.3) is 0 Å². The second-order valence-corrected chi connectivity index (χ2v) is 5.06. The van der Waals surface area contributed by atoms with Crippen molar-refractivity contribution >= 4 is 11.3 Å². The zero-order valence-corrected chi connectivity index (χ0v) is 12.4. The quantitative estimate of drug-likeness (QED) is 0.913.